The average molecular weight is 334 g/mol. The van der Waals surface area contributed by atoms with Crippen LogP contribution in [0.5, 0.6) is 0 Å². The molecule has 0 aliphatic rings. The van der Waals surface area contributed by atoms with Crippen LogP contribution in [0.4, 0.5) is 0 Å². The standard InChI is InChI=1S/C17H14N6S/c1-3-7-13(8-4-1)16-18-11-14(19-16)12-24-17-20-21-22-23(17)15-9-5-2-6-10-15/h1-11H,12H2,(H,18,19). The molecule has 0 unspecified atom stereocenters. The fourth-order valence-electron chi connectivity index (χ4n) is 2.32. The zero-order valence-electron chi connectivity index (χ0n) is 12.7. The number of nitrogens with one attached hydrogen (secondary N) is 1. The second kappa shape index (κ2) is 6.67. The molecular weight excluding hydrogens is 320 g/mol. The van der Waals surface area contributed by atoms with Gasteiger partial charge < -0.3 is 4.98 Å². The van der Waals surface area contributed by atoms with Gasteiger partial charge in [0.1, 0.15) is 5.82 Å². The van der Waals surface area contributed by atoms with Crippen molar-refractivity contribution in [2.75, 3.05) is 0 Å². The molecule has 0 bridgehead atoms. The van der Waals surface area contributed by atoms with Crippen LogP contribution in [0.2, 0.25) is 0 Å². The van der Waals surface area contributed by atoms with Gasteiger partial charge in [-0.25, -0.2) is 4.98 Å². The molecule has 0 saturated heterocycles. The minimum absolute atomic E-state index is 0.715. The van der Waals surface area contributed by atoms with Gasteiger partial charge in [0.15, 0.2) is 0 Å². The van der Waals surface area contributed by atoms with Crippen LogP contribution in [0, 0.1) is 0 Å². The Morgan fingerprint density at radius 3 is 2.50 bits per heavy atom. The van der Waals surface area contributed by atoms with Crippen molar-refractivity contribution in [1.29, 1.82) is 0 Å². The van der Waals surface area contributed by atoms with E-state index in [1.54, 1.807) is 16.4 Å². The molecule has 24 heavy (non-hydrogen) atoms. The number of nitrogens with zero attached hydrogens (tertiary/aromatic N) is 5. The lowest BCUT2D eigenvalue weighted by Gasteiger charge is -2.03. The zero-order chi connectivity index (χ0) is 16.2. The van der Waals surface area contributed by atoms with E-state index in [2.05, 4.69) is 25.5 Å². The van der Waals surface area contributed by atoms with Crippen LogP contribution in [0.25, 0.3) is 17.1 Å². The maximum atomic E-state index is 4.44. The topological polar surface area (TPSA) is 72.3 Å². The SMILES string of the molecule is c1ccc(-c2ncc(CSc3nnnn3-c3ccccc3)[nH]2)cc1. The number of hydrogen-bond donors (Lipinski definition) is 1. The highest BCUT2D eigenvalue weighted by molar-refractivity contribution is 7.98. The Kier molecular flexibility index (Phi) is 4.07. The second-order valence-corrected chi connectivity index (χ2v) is 6.06. The van der Waals surface area contributed by atoms with E-state index in [0.29, 0.717) is 5.75 Å². The first kappa shape index (κ1) is 14.6. The van der Waals surface area contributed by atoms with Crippen molar-refractivity contribution in [2.24, 2.45) is 0 Å². The first-order valence-electron chi connectivity index (χ1n) is 7.46. The Hall–Kier alpha value is -2.93. The van der Waals surface area contributed by atoms with Gasteiger partial charge in [-0.05, 0) is 22.6 Å². The molecule has 118 valence electrons. The van der Waals surface area contributed by atoms with Crippen LogP contribution >= 0.6 is 11.8 Å². The lowest BCUT2D eigenvalue weighted by Crippen LogP contribution is -1.98. The Morgan fingerprint density at radius 1 is 0.958 bits per heavy atom. The largest absolute Gasteiger partial charge is 0.341 e. The average Bonchev–Trinajstić information content (AvgIpc) is 3.31. The van der Waals surface area contributed by atoms with E-state index in [1.807, 2.05) is 66.9 Å². The number of imidazole rings is 1. The minimum Gasteiger partial charge on any atom is -0.341 e. The van der Waals surface area contributed by atoms with Gasteiger partial charge in [0.25, 0.3) is 0 Å². The quantitative estimate of drug-likeness (QED) is 0.567. The minimum atomic E-state index is 0.715. The number of tetrazole rings is 1. The van der Waals surface area contributed by atoms with Crippen LogP contribution in [0.3, 0.4) is 0 Å². The van der Waals surface area contributed by atoms with Crippen molar-refractivity contribution in [3.63, 3.8) is 0 Å². The molecule has 2 heterocycles. The molecule has 0 atom stereocenters. The number of benzene rings is 2. The molecule has 2 aromatic carbocycles. The zero-order valence-corrected chi connectivity index (χ0v) is 13.5. The lowest BCUT2D eigenvalue weighted by atomic mass is 10.2. The number of H-pyrrole nitrogens is 1. The molecule has 0 aliphatic carbocycles. The smallest absolute Gasteiger partial charge is 0.214 e. The molecule has 0 saturated carbocycles. The highest BCUT2D eigenvalue weighted by Gasteiger charge is 2.10. The fraction of sp³-hybridized carbons (Fsp3) is 0.0588. The third-order valence-electron chi connectivity index (χ3n) is 3.47. The van der Waals surface area contributed by atoms with E-state index in [9.17, 15) is 0 Å². The van der Waals surface area contributed by atoms with Crippen LogP contribution < -0.4 is 0 Å². The summed E-state index contributed by atoms with van der Waals surface area (Å²) in [6.45, 7) is 0. The predicted molar refractivity (Wildman–Crippen MR) is 92.7 cm³/mol. The Bertz CT molecular complexity index is 916. The molecule has 6 nitrogen and oxygen atoms in total. The maximum Gasteiger partial charge on any atom is 0.214 e. The van der Waals surface area contributed by atoms with E-state index in [-0.39, 0.29) is 0 Å². The van der Waals surface area contributed by atoms with Crippen molar-refractivity contribution in [2.45, 2.75) is 10.9 Å². The molecule has 0 fully saturated rings. The van der Waals surface area contributed by atoms with E-state index < -0.39 is 0 Å². The molecule has 4 rings (SSSR count). The number of aromatic nitrogens is 6. The molecule has 0 amide bonds. The van der Waals surface area contributed by atoms with Crippen molar-refractivity contribution in [3.8, 4) is 17.1 Å². The van der Waals surface area contributed by atoms with Crippen LogP contribution in [-0.4, -0.2) is 30.2 Å². The number of hydrogen-bond acceptors (Lipinski definition) is 5. The second-order valence-electron chi connectivity index (χ2n) is 5.12. The van der Waals surface area contributed by atoms with Crippen molar-refractivity contribution < 1.29 is 0 Å². The summed E-state index contributed by atoms with van der Waals surface area (Å²) in [4.78, 5) is 7.78. The summed E-state index contributed by atoms with van der Waals surface area (Å²) in [6.07, 6.45) is 1.85. The third-order valence-corrected chi connectivity index (χ3v) is 4.44. The molecule has 0 spiro atoms. The lowest BCUT2D eigenvalue weighted by molar-refractivity contribution is 0.756. The number of para-hydroxylation sites is 1. The van der Waals surface area contributed by atoms with E-state index in [0.717, 1.165) is 27.9 Å². The van der Waals surface area contributed by atoms with Crippen molar-refractivity contribution >= 4 is 11.8 Å². The van der Waals surface area contributed by atoms with Gasteiger partial charge in [0.05, 0.1) is 5.69 Å². The molecule has 0 aliphatic heterocycles. The van der Waals surface area contributed by atoms with Gasteiger partial charge >= 0.3 is 0 Å². The van der Waals surface area contributed by atoms with Crippen LogP contribution in [0.15, 0.2) is 72.0 Å². The summed E-state index contributed by atoms with van der Waals surface area (Å²) in [5, 5.41) is 12.7. The third kappa shape index (κ3) is 3.07. The molecule has 0 radical (unpaired) electrons. The fourth-order valence-corrected chi connectivity index (χ4v) is 3.11. The van der Waals surface area contributed by atoms with E-state index in [1.165, 1.54) is 0 Å². The summed E-state index contributed by atoms with van der Waals surface area (Å²) >= 11 is 1.57. The van der Waals surface area contributed by atoms with Gasteiger partial charge in [0.2, 0.25) is 5.16 Å². The normalized spacial score (nSPS) is 10.8. The van der Waals surface area contributed by atoms with Gasteiger partial charge in [-0.15, -0.1) is 5.10 Å². The Labute approximate surface area is 143 Å². The highest BCUT2D eigenvalue weighted by atomic mass is 32.2. The van der Waals surface area contributed by atoms with Gasteiger partial charge in [-0.3, -0.25) is 0 Å². The van der Waals surface area contributed by atoms with Gasteiger partial charge in [-0.2, -0.15) is 4.68 Å². The summed E-state index contributed by atoms with van der Waals surface area (Å²) < 4.78 is 1.74. The number of rotatable bonds is 5. The molecule has 7 heteroatoms. The Balaban J connectivity index is 1.49. The summed E-state index contributed by atoms with van der Waals surface area (Å²) in [6, 6.07) is 19.9. The van der Waals surface area contributed by atoms with E-state index >= 15 is 0 Å². The monoisotopic (exact) mass is 334 g/mol. The first-order valence-corrected chi connectivity index (χ1v) is 8.44. The summed E-state index contributed by atoms with van der Waals surface area (Å²) in [7, 11) is 0. The van der Waals surface area contributed by atoms with Gasteiger partial charge in [0, 0.05) is 23.2 Å². The number of aromatic amines is 1. The molecule has 1 N–H and O–H groups in total. The van der Waals surface area contributed by atoms with Gasteiger partial charge in [-0.1, -0.05) is 60.3 Å². The van der Waals surface area contributed by atoms with Crippen molar-refractivity contribution in [3.05, 3.63) is 72.6 Å². The molecule has 4 aromatic rings. The predicted octanol–water partition coefficient (Wildman–Crippen LogP) is 3.34. The molecular formula is C17H14N6S. The number of thioether (sulfide) groups is 1. The Morgan fingerprint density at radius 2 is 1.71 bits per heavy atom. The molecule has 2 aromatic heterocycles. The van der Waals surface area contributed by atoms with Crippen LogP contribution in [-0.2, 0) is 5.75 Å². The first-order chi connectivity index (χ1) is 11.9. The summed E-state index contributed by atoms with van der Waals surface area (Å²) in [5.41, 5.74) is 3.05. The van der Waals surface area contributed by atoms with Crippen molar-refractivity contribution in [1.82, 2.24) is 30.2 Å². The van der Waals surface area contributed by atoms with E-state index in [4.69, 9.17) is 0 Å². The maximum absolute atomic E-state index is 4.44. The summed E-state index contributed by atoms with van der Waals surface area (Å²) in [5.74, 6) is 1.58. The van der Waals surface area contributed by atoms with Crippen LogP contribution in [0.1, 0.15) is 5.69 Å². The highest BCUT2D eigenvalue weighted by Crippen LogP contribution is 2.23.